The van der Waals surface area contributed by atoms with Gasteiger partial charge in [-0.3, -0.25) is 9.59 Å². The van der Waals surface area contributed by atoms with Crippen molar-refractivity contribution >= 4 is 22.8 Å². The normalized spacial score (nSPS) is 11.6. The smallest absolute Gasteiger partial charge is 0.322 e. The molecular formula is C26H32N2O4. The summed E-state index contributed by atoms with van der Waals surface area (Å²) in [7, 11) is 4.06. The van der Waals surface area contributed by atoms with Gasteiger partial charge < -0.3 is 20.1 Å². The first kappa shape index (κ1) is 23.5. The molecule has 6 heteroatoms. The van der Waals surface area contributed by atoms with Crippen LogP contribution in [0.25, 0.3) is 10.9 Å². The Kier molecular flexibility index (Phi) is 7.36. The molecule has 2 aromatic carbocycles. The largest absolute Gasteiger partial charge is 0.480 e. The van der Waals surface area contributed by atoms with Gasteiger partial charge in [-0.15, -0.1) is 0 Å². The lowest BCUT2D eigenvalue weighted by Gasteiger charge is -2.21. The second kappa shape index (κ2) is 10.0. The van der Waals surface area contributed by atoms with Gasteiger partial charge >= 0.3 is 11.9 Å². The average molecular weight is 437 g/mol. The fourth-order valence-electron chi connectivity index (χ4n) is 4.57. The Morgan fingerprint density at radius 3 is 2.22 bits per heavy atom. The number of carbonyl (C=O) groups is 2. The van der Waals surface area contributed by atoms with E-state index >= 15 is 0 Å². The maximum absolute atomic E-state index is 11.9. The molecule has 1 heterocycles. The molecule has 0 atom stereocenters. The molecule has 0 saturated heterocycles. The Balaban J connectivity index is 2.24. The number of likely N-dealkylation sites (N-methyl/N-ethyl adjacent to an activating group) is 1. The third-order valence-corrected chi connectivity index (χ3v) is 6.17. The van der Waals surface area contributed by atoms with Crippen molar-refractivity contribution in [3.63, 3.8) is 0 Å². The number of nitrogens with one attached hydrogen (secondary N) is 1. The molecular weight excluding hydrogens is 404 g/mol. The molecule has 0 amide bonds. The van der Waals surface area contributed by atoms with Crippen LogP contribution in [0, 0.1) is 0 Å². The molecule has 0 bridgehead atoms. The molecule has 0 aliphatic rings. The highest BCUT2D eigenvalue weighted by Gasteiger charge is 2.32. The summed E-state index contributed by atoms with van der Waals surface area (Å²) in [6, 6.07) is 11.7. The van der Waals surface area contributed by atoms with Gasteiger partial charge in [0.2, 0.25) is 0 Å². The zero-order chi connectivity index (χ0) is 23.4. The van der Waals surface area contributed by atoms with E-state index in [4.69, 9.17) is 0 Å². The molecule has 0 unspecified atom stereocenters. The van der Waals surface area contributed by atoms with Crippen molar-refractivity contribution in [3.8, 4) is 0 Å². The molecule has 0 aliphatic carbocycles. The number of nitrogens with zero attached hydrogens (tertiary/aromatic N) is 1. The van der Waals surface area contributed by atoms with Gasteiger partial charge in [0.15, 0.2) is 5.92 Å². The summed E-state index contributed by atoms with van der Waals surface area (Å²) < 4.78 is 0. The molecule has 3 aromatic rings. The Morgan fingerprint density at radius 1 is 0.938 bits per heavy atom. The molecule has 0 radical (unpaired) electrons. The van der Waals surface area contributed by atoms with E-state index in [0.717, 1.165) is 58.2 Å². The lowest BCUT2D eigenvalue weighted by atomic mass is 9.83. The number of aromatic nitrogens is 1. The van der Waals surface area contributed by atoms with Gasteiger partial charge in [0.1, 0.15) is 0 Å². The van der Waals surface area contributed by atoms with Gasteiger partial charge in [0.05, 0.1) is 0 Å². The highest BCUT2D eigenvalue weighted by atomic mass is 16.4. The number of H-pyrrole nitrogens is 1. The second-order valence-electron chi connectivity index (χ2n) is 8.45. The van der Waals surface area contributed by atoms with Crippen LogP contribution in [0.2, 0.25) is 0 Å². The molecule has 3 N–H and O–H groups in total. The van der Waals surface area contributed by atoms with Crippen molar-refractivity contribution in [3.05, 3.63) is 69.9 Å². The minimum Gasteiger partial charge on any atom is -0.480 e. The number of fused-ring (bicyclic) bond motifs is 1. The average Bonchev–Trinajstić information content (AvgIpc) is 3.10. The number of aliphatic carboxylic acids is 2. The summed E-state index contributed by atoms with van der Waals surface area (Å²) in [5.41, 5.74) is 6.66. The maximum Gasteiger partial charge on any atom is 0.322 e. The third kappa shape index (κ3) is 4.70. The standard InChI is InChI=1S/C26H32N2O4/c1-5-16-11-12-19(24(25(29)30)26(31)32)20(17(16)6-2)15-21-18-9-7-8-10-22(18)27-23(21)13-14-28(3)4/h7-12,24,27H,5-6,13-15H2,1-4H3,(H,29,30)(H,31,32). The van der Waals surface area contributed by atoms with Crippen LogP contribution in [0.3, 0.4) is 0 Å². The van der Waals surface area contributed by atoms with Crippen molar-refractivity contribution in [2.24, 2.45) is 0 Å². The molecule has 170 valence electrons. The maximum atomic E-state index is 11.9. The minimum atomic E-state index is -1.59. The Morgan fingerprint density at radius 2 is 1.62 bits per heavy atom. The van der Waals surface area contributed by atoms with E-state index in [2.05, 4.69) is 22.9 Å². The summed E-state index contributed by atoms with van der Waals surface area (Å²) in [6.45, 7) is 4.98. The van der Waals surface area contributed by atoms with E-state index in [1.165, 1.54) is 0 Å². The van der Waals surface area contributed by atoms with E-state index in [1.807, 2.05) is 45.3 Å². The lowest BCUT2D eigenvalue weighted by Crippen LogP contribution is -2.23. The van der Waals surface area contributed by atoms with Crippen molar-refractivity contribution < 1.29 is 19.8 Å². The van der Waals surface area contributed by atoms with Crippen LogP contribution in [-0.4, -0.2) is 52.7 Å². The van der Waals surface area contributed by atoms with Crippen LogP contribution in [0.4, 0.5) is 0 Å². The SMILES string of the molecule is CCc1ccc(C(C(=O)O)C(=O)O)c(Cc2c(CCN(C)C)[nH]c3ccccc23)c1CC. The van der Waals surface area contributed by atoms with Gasteiger partial charge in [-0.05, 0) is 60.8 Å². The summed E-state index contributed by atoms with van der Waals surface area (Å²) in [6.07, 6.45) is 2.84. The van der Waals surface area contributed by atoms with Crippen molar-refractivity contribution in [2.45, 2.75) is 45.4 Å². The van der Waals surface area contributed by atoms with Crippen LogP contribution in [0.1, 0.15) is 53.3 Å². The second-order valence-corrected chi connectivity index (χ2v) is 8.45. The zero-order valence-electron chi connectivity index (χ0n) is 19.2. The van der Waals surface area contributed by atoms with Gasteiger partial charge in [0, 0.05) is 36.0 Å². The lowest BCUT2D eigenvalue weighted by molar-refractivity contribution is -0.150. The Labute approximate surface area is 188 Å². The first-order valence-electron chi connectivity index (χ1n) is 11.1. The van der Waals surface area contributed by atoms with E-state index < -0.39 is 17.9 Å². The van der Waals surface area contributed by atoms with E-state index in [1.54, 1.807) is 6.07 Å². The number of aromatic amines is 1. The zero-order valence-corrected chi connectivity index (χ0v) is 19.2. The number of rotatable bonds is 10. The molecule has 0 saturated carbocycles. The number of carboxylic acids is 2. The topological polar surface area (TPSA) is 93.6 Å². The Bertz CT molecular complexity index is 1120. The number of hydrogen-bond acceptors (Lipinski definition) is 3. The number of hydrogen-bond donors (Lipinski definition) is 3. The number of aryl methyl sites for hydroxylation is 1. The monoisotopic (exact) mass is 436 g/mol. The Hall–Kier alpha value is -3.12. The molecule has 0 fully saturated rings. The molecule has 0 aliphatic heterocycles. The summed E-state index contributed by atoms with van der Waals surface area (Å²) in [5.74, 6) is -4.26. The summed E-state index contributed by atoms with van der Waals surface area (Å²) in [5, 5.41) is 20.5. The van der Waals surface area contributed by atoms with E-state index in [-0.39, 0.29) is 0 Å². The summed E-state index contributed by atoms with van der Waals surface area (Å²) >= 11 is 0. The first-order valence-corrected chi connectivity index (χ1v) is 11.1. The molecule has 1 aromatic heterocycles. The van der Waals surface area contributed by atoms with E-state index in [0.29, 0.717) is 18.4 Å². The van der Waals surface area contributed by atoms with Crippen molar-refractivity contribution in [1.29, 1.82) is 0 Å². The fraction of sp³-hybridized carbons (Fsp3) is 0.385. The van der Waals surface area contributed by atoms with Crippen molar-refractivity contribution in [2.75, 3.05) is 20.6 Å². The minimum absolute atomic E-state index is 0.378. The van der Waals surface area contributed by atoms with Gasteiger partial charge in [-0.25, -0.2) is 0 Å². The van der Waals surface area contributed by atoms with Gasteiger partial charge in [-0.1, -0.05) is 44.2 Å². The molecule has 32 heavy (non-hydrogen) atoms. The van der Waals surface area contributed by atoms with Crippen LogP contribution in [0.15, 0.2) is 36.4 Å². The number of carboxylic acid groups (broad SMARTS) is 2. The van der Waals surface area contributed by atoms with Gasteiger partial charge in [-0.2, -0.15) is 0 Å². The highest BCUT2D eigenvalue weighted by Crippen LogP contribution is 2.33. The molecule has 0 spiro atoms. The van der Waals surface area contributed by atoms with Crippen molar-refractivity contribution in [1.82, 2.24) is 9.88 Å². The number of para-hydroxylation sites is 1. The fourth-order valence-corrected chi connectivity index (χ4v) is 4.57. The summed E-state index contributed by atoms with van der Waals surface area (Å²) in [4.78, 5) is 29.5. The molecule has 6 nitrogen and oxygen atoms in total. The van der Waals surface area contributed by atoms with Crippen LogP contribution in [-0.2, 0) is 35.3 Å². The predicted octanol–water partition coefficient (Wildman–Crippen LogP) is 4.24. The van der Waals surface area contributed by atoms with Gasteiger partial charge in [0.25, 0.3) is 0 Å². The van der Waals surface area contributed by atoms with Crippen LogP contribution in [0.5, 0.6) is 0 Å². The number of benzene rings is 2. The highest BCUT2D eigenvalue weighted by molar-refractivity contribution is 5.99. The quantitative estimate of drug-likeness (QED) is 0.413. The van der Waals surface area contributed by atoms with Crippen LogP contribution < -0.4 is 0 Å². The molecule has 3 rings (SSSR count). The van der Waals surface area contributed by atoms with E-state index in [9.17, 15) is 19.8 Å². The predicted molar refractivity (Wildman–Crippen MR) is 127 cm³/mol. The first-order chi connectivity index (χ1) is 15.3. The third-order valence-electron chi connectivity index (χ3n) is 6.17. The van der Waals surface area contributed by atoms with Crippen LogP contribution >= 0.6 is 0 Å².